The van der Waals surface area contributed by atoms with Crippen molar-refractivity contribution in [1.29, 1.82) is 0 Å². The van der Waals surface area contributed by atoms with Gasteiger partial charge in [0.05, 0.1) is 6.54 Å². The zero-order valence-electron chi connectivity index (χ0n) is 13.3. The number of carbonyl (C=O) groups excluding carboxylic acids is 1. The maximum atomic E-state index is 11.8. The summed E-state index contributed by atoms with van der Waals surface area (Å²) in [6.45, 7) is 8.94. The molecule has 0 aromatic carbocycles. The predicted octanol–water partition coefficient (Wildman–Crippen LogP) is 2.19. The number of alkyl carbamates (subject to hydrolysis) is 1. The second kappa shape index (κ2) is 6.05. The molecular formula is C15H26N4O2. The van der Waals surface area contributed by atoms with Gasteiger partial charge in [-0.2, -0.15) is 0 Å². The lowest BCUT2D eigenvalue weighted by molar-refractivity contribution is 0.0507. The molecule has 0 saturated heterocycles. The zero-order valence-corrected chi connectivity index (χ0v) is 13.3. The Labute approximate surface area is 126 Å². The Hall–Kier alpha value is -1.56. The molecule has 1 aliphatic rings. The number of ether oxygens (including phenoxy) is 1. The molecule has 118 valence electrons. The Bertz CT molecular complexity index is 463. The molecule has 1 saturated carbocycles. The molecule has 0 aliphatic heterocycles. The van der Waals surface area contributed by atoms with E-state index in [0.29, 0.717) is 19.0 Å². The fourth-order valence-electron chi connectivity index (χ4n) is 2.32. The van der Waals surface area contributed by atoms with Crippen molar-refractivity contribution in [3.05, 3.63) is 18.2 Å². The normalized spacial score (nSPS) is 18.1. The molecule has 1 aromatic heterocycles. The first-order valence-corrected chi connectivity index (χ1v) is 7.49. The molecule has 1 heterocycles. The fourth-order valence-corrected chi connectivity index (χ4v) is 2.32. The molecule has 6 heteroatoms. The third-order valence-corrected chi connectivity index (χ3v) is 3.69. The first-order valence-electron chi connectivity index (χ1n) is 7.49. The van der Waals surface area contributed by atoms with E-state index in [-0.39, 0.29) is 11.6 Å². The molecule has 2 rings (SSSR count). The summed E-state index contributed by atoms with van der Waals surface area (Å²) in [7, 11) is 0. The van der Waals surface area contributed by atoms with Crippen LogP contribution in [0.2, 0.25) is 0 Å². The van der Waals surface area contributed by atoms with E-state index in [1.165, 1.54) is 12.8 Å². The monoisotopic (exact) mass is 294 g/mol. The van der Waals surface area contributed by atoms with Crippen LogP contribution in [0.15, 0.2) is 12.4 Å². The van der Waals surface area contributed by atoms with Gasteiger partial charge in [0.1, 0.15) is 11.4 Å². The first-order chi connectivity index (χ1) is 9.78. The second-order valence-corrected chi connectivity index (χ2v) is 6.94. The predicted molar refractivity (Wildman–Crippen MR) is 80.8 cm³/mol. The van der Waals surface area contributed by atoms with E-state index < -0.39 is 5.60 Å². The lowest BCUT2D eigenvalue weighted by atomic mass is 9.95. The van der Waals surface area contributed by atoms with E-state index in [1.807, 2.05) is 27.0 Å². The lowest BCUT2D eigenvalue weighted by Crippen LogP contribution is -2.53. The van der Waals surface area contributed by atoms with Crippen LogP contribution in [0.25, 0.3) is 0 Å². The van der Waals surface area contributed by atoms with E-state index >= 15 is 0 Å². The number of imidazole rings is 1. The van der Waals surface area contributed by atoms with Crippen molar-refractivity contribution in [2.45, 2.75) is 58.2 Å². The molecule has 6 nitrogen and oxygen atoms in total. The molecule has 1 atom stereocenters. The van der Waals surface area contributed by atoms with Crippen LogP contribution in [0.5, 0.6) is 0 Å². The minimum atomic E-state index is -0.471. The second-order valence-electron chi connectivity index (χ2n) is 6.94. The molecule has 1 fully saturated rings. The van der Waals surface area contributed by atoms with Crippen LogP contribution in [0.3, 0.4) is 0 Å². The van der Waals surface area contributed by atoms with Crippen molar-refractivity contribution in [2.24, 2.45) is 5.92 Å². The minimum absolute atomic E-state index is 0.135. The molecule has 1 unspecified atom stereocenters. The van der Waals surface area contributed by atoms with Gasteiger partial charge in [0.2, 0.25) is 0 Å². The highest BCUT2D eigenvalue weighted by molar-refractivity contribution is 5.67. The summed E-state index contributed by atoms with van der Waals surface area (Å²) in [5.41, 5.74) is -0.606. The Kier molecular flexibility index (Phi) is 4.56. The van der Waals surface area contributed by atoms with Crippen molar-refractivity contribution in [3.63, 3.8) is 0 Å². The van der Waals surface area contributed by atoms with Gasteiger partial charge in [0.15, 0.2) is 0 Å². The Morgan fingerprint density at radius 2 is 2.14 bits per heavy atom. The van der Waals surface area contributed by atoms with E-state index in [2.05, 4.69) is 27.5 Å². The van der Waals surface area contributed by atoms with Crippen molar-refractivity contribution >= 4 is 6.09 Å². The van der Waals surface area contributed by atoms with Crippen molar-refractivity contribution in [2.75, 3.05) is 6.54 Å². The number of hydrogen-bond donors (Lipinski definition) is 3. The molecule has 3 N–H and O–H groups in total. The number of aromatic amines is 1. The van der Waals surface area contributed by atoms with Crippen LogP contribution in [0.1, 0.15) is 46.4 Å². The van der Waals surface area contributed by atoms with Crippen LogP contribution in [0, 0.1) is 5.92 Å². The lowest BCUT2D eigenvalue weighted by Gasteiger charge is -2.31. The van der Waals surface area contributed by atoms with Gasteiger partial charge in [-0.05, 0) is 46.5 Å². The number of aromatic nitrogens is 2. The maximum Gasteiger partial charge on any atom is 0.407 e. The molecule has 0 radical (unpaired) electrons. The smallest absolute Gasteiger partial charge is 0.407 e. The SMILES string of the molecule is CC(C)(C)OC(=O)NCC(C)(NCc1ncc[nH]1)C1CC1. The standard InChI is InChI=1S/C15H26N4O2/c1-14(2,3)21-13(20)18-10-15(4,11-5-6-11)19-9-12-16-7-8-17-12/h7-8,11,19H,5-6,9-10H2,1-4H3,(H,16,17)(H,18,20). The summed E-state index contributed by atoms with van der Waals surface area (Å²) in [5.74, 6) is 1.49. The van der Waals surface area contributed by atoms with E-state index in [1.54, 1.807) is 6.20 Å². The number of nitrogens with zero attached hydrogens (tertiary/aromatic N) is 1. The van der Waals surface area contributed by atoms with E-state index in [9.17, 15) is 4.79 Å². The van der Waals surface area contributed by atoms with E-state index in [4.69, 9.17) is 4.74 Å². The van der Waals surface area contributed by atoms with Crippen LogP contribution < -0.4 is 10.6 Å². The van der Waals surface area contributed by atoms with Gasteiger partial charge < -0.3 is 20.4 Å². The number of rotatable bonds is 6. The third kappa shape index (κ3) is 5.04. The van der Waals surface area contributed by atoms with Crippen molar-refractivity contribution in [3.8, 4) is 0 Å². The van der Waals surface area contributed by atoms with Gasteiger partial charge >= 0.3 is 6.09 Å². The summed E-state index contributed by atoms with van der Waals surface area (Å²) < 4.78 is 5.29. The topological polar surface area (TPSA) is 79.0 Å². The number of carbonyl (C=O) groups is 1. The zero-order chi connectivity index (χ0) is 15.5. The van der Waals surface area contributed by atoms with Gasteiger partial charge in [0, 0.05) is 24.5 Å². The van der Waals surface area contributed by atoms with Crippen LogP contribution in [-0.4, -0.2) is 33.7 Å². The van der Waals surface area contributed by atoms with E-state index in [0.717, 1.165) is 5.82 Å². The Balaban J connectivity index is 1.84. The van der Waals surface area contributed by atoms with Gasteiger partial charge in [-0.3, -0.25) is 0 Å². The summed E-state index contributed by atoms with van der Waals surface area (Å²) in [6.07, 6.45) is 5.57. The fraction of sp³-hybridized carbons (Fsp3) is 0.733. The van der Waals surface area contributed by atoms with Gasteiger partial charge in [0.25, 0.3) is 0 Å². The summed E-state index contributed by atoms with van der Waals surface area (Å²) >= 11 is 0. The number of amides is 1. The Morgan fingerprint density at radius 1 is 1.43 bits per heavy atom. The van der Waals surface area contributed by atoms with Gasteiger partial charge in [-0.1, -0.05) is 0 Å². The average molecular weight is 294 g/mol. The quantitative estimate of drug-likeness (QED) is 0.751. The molecular weight excluding hydrogens is 268 g/mol. The summed E-state index contributed by atoms with van der Waals surface area (Å²) in [4.78, 5) is 19.1. The molecule has 21 heavy (non-hydrogen) atoms. The molecule has 1 aromatic rings. The largest absolute Gasteiger partial charge is 0.444 e. The highest BCUT2D eigenvalue weighted by atomic mass is 16.6. The number of hydrogen-bond acceptors (Lipinski definition) is 4. The maximum absolute atomic E-state index is 11.8. The van der Waals surface area contributed by atoms with Crippen LogP contribution in [0.4, 0.5) is 4.79 Å². The van der Waals surface area contributed by atoms with Crippen LogP contribution in [-0.2, 0) is 11.3 Å². The van der Waals surface area contributed by atoms with Crippen molar-refractivity contribution < 1.29 is 9.53 Å². The minimum Gasteiger partial charge on any atom is -0.444 e. The molecule has 1 amide bonds. The molecule has 1 aliphatic carbocycles. The highest BCUT2D eigenvalue weighted by Crippen LogP contribution is 2.39. The number of H-pyrrole nitrogens is 1. The molecule has 0 bridgehead atoms. The van der Waals surface area contributed by atoms with Gasteiger partial charge in [-0.25, -0.2) is 9.78 Å². The Morgan fingerprint density at radius 3 is 2.67 bits per heavy atom. The number of nitrogens with one attached hydrogen (secondary N) is 3. The van der Waals surface area contributed by atoms with Crippen molar-refractivity contribution in [1.82, 2.24) is 20.6 Å². The summed E-state index contributed by atoms with van der Waals surface area (Å²) in [5, 5.41) is 6.39. The van der Waals surface area contributed by atoms with Gasteiger partial charge in [-0.15, -0.1) is 0 Å². The summed E-state index contributed by atoms with van der Waals surface area (Å²) in [6, 6.07) is 0. The highest BCUT2D eigenvalue weighted by Gasteiger charge is 2.41. The van der Waals surface area contributed by atoms with Crippen LogP contribution >= 0.6 is 0 Å². The average Bonchev–Trinajstić information content (AvgIpc) is 3.10. The molecule has 0 spiro atoms. The first kappa shape index (κ1) is 15.8. The third-order valence-electron chi connectivity index (χ3n) is 3.69.